The molecule has 1 aromatic heterocycles. The lowest BCUT2D eigenvalue weighted by atomic mass is 10.1. The molecule has 2 aliphatic rings. The van der Waals surface area contributed by atoms with Crippen LogP contribution in [0.15, 0.2) is 18.3 Å². The van der Waals surface area contributed by atoms with Crippen LogP contribution in [0.1, 0.15) is 6.42 Å². The number of pyridine rings is 1. The van der Waals surface area contributed by atoms with Crippen molar-refractivity contribution in [1.29, 1.82) is 0 Å². The zero-order valence-corrected chi connectivity index (χ0v) is 10.2. The first-order valence-corrected chi connectivity index (χ1v) is 6.18. The summed E-state index contributed by atoms with van der Waals surface area (Å²) in [5.74, 6) is 0.834. The van der Waals surface area contributed by atoms with E-state index in [1.165, 1.54) is 25.2 Å². The molecule has 3 nitrogen and oxygen atoms in total. The fourth-order valence-electron chi connectivity index (χ4n) is 3.03. The third-order valence-corrected chi connectivity index (χ3v) is 4.00. The highest BCUT2D eigenvalue weighted by Crippen LogP contribution is 2.34. The zero-order valence-electron chi connectivity index (χ0n) is 9.43. The molecule has 0 N–H and O–H groups in total. The average Bonchev–Trinajstić information content (AvgIpc) is 2.78. The SMILES string of the molecule is CN1C[C@H]2CCN(c3ccc(Cl)nc3)[C@H]2C1. The molecule has 86 valence electrons. The van der Waals surface area contributed by atoms with Crippen molar-refractivity contribution in [2.45, 2.75) is 12.5 Å². The summed E-state index contributed by atoms with van der Waals surface area (Å²) in [6.07, 6.45) is 3.20. The van der Waals surface area contributed by atoms with E-state index in [1.807, 2.05) is 12.3 Å². The summed E-state index contributed by atoms with van der Waals surface area (Å²) in [5.41, 5.74) is 1.22. The van der Waals surface area contributed by atoms with Gasteiger partial charge in [-0.1, -0.05) is 11.6 Å². The van der Waals surface area contributed by atoms with E-state index in [4.69, 9.17) is 11.6 Å². The molecule has 3 rings (SSSR count). The van der Waals surface area contributed by atoms with Gasteiger partial charge in [-0.25, -0.2) is 4.98 Å². The highest BCUT2D eigenvalue weighted by molar-refractivity contribution is 6.29. The van der Waals surface area contributed by atoms with Crippen molar-refractivity contribution >= 4 is 17.3 Å². The quantitative estimate of drug-likeness (QED) is 0.696. The Labute approximate surface area is 101 Å². The van der Waals surface area contributed by atoms with Crippen LogP contribution < -0.4 is 4.90 Å². The molecule has 4 heteroatoms. The number of fused-ring (bicyclic) bond motifs is 1. The number of anilines is 1. The van der Waals surface area contributed by atoms with Crippen LogP contribution in [0.2, 0.25) is 5.15 Å². The summed E-state index contributed by atoms with van der Waals surface area (Å²) >= 11 is 5.81. The third-order valence-electron chi connectivity index (χ3n) is 3.77. The van der Waals surface area contributed by atoms with Crippen LogP contribution in [-0.2, 0) is 0 Å². The lowest BCUT2D eigenvalue weighted by molar-refractivity contribution is 0.386. The van der Waals surface area contributed by atoms with Crippen molar-refractivity contribution in [3.05, 3.63) is 23.5 Å². The molecule has 0 radical (unpaired) electrons. The van der Waals surface area contributed by atoms with E-state index in [0.29, 0.717) is 11.2 Å². The first-order valence-electron chi connectivity index (χ1n) is 5.81. The van der Waals surface area contributed by atoms with Crippen molar-refractivity contribution in [2.75, 3.05) is 31.6 Å². The van der Waals surface area contributed by atoms with Crippen molar-refractivity contribution in [2.24, 2.45) is 5.92 Å². The number of likely N-dealkylation sites (tertiary alicyclic amines) is 1. The summed E-state index contributed by atoms with van der Waals surface area (Å²) in [6.45, 7) is 3.57. The molecule has 0 aromatic carbocycles. The number of nitrogens with zero attached hydrogens (tertiary/aromatic N) is 3. The first kappa shape index (κ1) is 10.4. The Kier molecular flexibility index (Phi) is 2.52. The number of hydrogen-bond acceptors (Lipinski definition) is 3. The van der Waals surface area contributed by atoms with Crippen LogP contribution in [0.25, 0.3) is 0 Å². The van der Waals surface area contributed by atoms with Crippen LogP contribution in [0.5, 0.6) is 0 Å². The number of hydrogen-bond donors (Lipinski definition) is 0. The number of rotatable bonds is 1. The minimum Gasteiger partial charge on any atom is -0.366 e. The standard InChI is InChI=1S/C12H16ClN3/c1-15-7-9-4-5-16(11(9)8-15)10-2-3-12(13)14-6-10/h2-3,6,9,11H,4-5,7-8H2,1H3/t9-,11+/m1/s1. The van der Waals surface area contributed by atoms with Gasteiger partial charge >= 0.3 is 0 Å². The Morgan fingerprint density at radius 1 is 1.38 bits per heavy atom. The van der Waals surface area contributed by atoms with E-state index in [1.54, 1.807) is 0 Å². The van der Waals surface area contributed by atoms with Gasteiger partial charge in [-0.3, -0.25) is 0 Å². The van der Waals surface area contributed by atoms with E-state index < -0.39 is 0 Å². The molecule has 2 aliphatic heterocycles. The number of aromatic nitrogens is 1. The summed E-state index contributed by atoms with van der Waals surface area (Å²) in [5, 5.41) is 0.572. The minimum absolute atomic E-state index is 0.572. The van der Waals surface area contributed by atoms with Gasteiger partial charge in [-0.05, 0) is 31.5 Å². The lowest BCUT2D eigenvalue weighted by Crippen LogP contribution is -2.34. The highest BCUT2D eigenvalue weighted by atomic mass is 35.5. The van der Waals surface area contributed by atoms with Gasteiger partial charge in [0.25, 0.3) is 0 Å². The van der Waals surface area contributed by atoms with Crippen LogP contribution >= 0.6 is 11.6 Å². The molecule has 1 aromatic rings. The maximum absolute atomic E-state index is 5.81. The second kappa shape index (κ2) is 3.90. The molecule has 2 saturated heterocycles. The Hall–Kier alpha value is -0.800. The molecule has 0 amide bonds. The summed E-state index contributed by atoms with van der Waals surface area (Å²) < 4.78 is 0. The fraction of sp³-hybridized carbons (Fsp3) is 0.583. The second-order valence-corrected chi connectivity index (χ2v) is 5.26. The van der Waals surface area contributed by atoms with Crippen molar-refractivity contribution in [3.8, 4) is 0 Å². The molecule has 2 atom stereocenters. The third kappa shape index (κ3) is 1.68. The van der Waals surface area contributed by atoms with Crippen LogP contribution in [-0.4, -0.2) is 42.6 Å². The predicted molar refractivity (Wildman–Crippen MR) is 66.0 cm³/mol. The molecule has 2 fully saturated rings. The van der Waals surface area contributed by atoms with E-state index in [9.17, 15) is 0 Å². The van der Waals surface area contributed by atoms with Gasteiger partial charge in [0.1, 0.15) is 5.15 Å². The Morgan fingerprint density at radius 2 is 2.25 bits per heavy atom. The average molecular weight is 238 g/mol. The van der Waals surface area contributed by atoms with Gasteiger partial charge in [-0.15, -0.1) is 0 Å². The Balaban J connectivity index is 1.83. The Morgan fingerprint density at radius 3 is 3.00 bits per heavy atom. The Bertz CT molecular complexity index is 378. The molecule has 0 bridgehead atoms. The van der Waals surface area contributed by atoms with Gasteiger partial charge in [0.2, 0.25) is 0 Å². The first-order chi connectivity index (χ1) is 7.74. The minimum atomic E-state index is 0.572. The highest BCUT2D eigenvalue weighted by Gasteiger charge is 2.39. The number of likely N-dealkylation sites (N-methyl/N-ethyl adjacent to an activating group) is 1. The molecule has 0 saturated carbocycles. The summed E-state index contributed by atoms with van der Waals surface area (Å²) in [4.78, 5) is 9.07. The van der Waals surface area contributed by atoms with Crippen molar-refractivity contribution in [1.82, 2.24) is 9.88 Å². The van der Waals surface area contributed by atoms with Gasteiger partial charge in [0.15, 0.2) is 0 Å². The molecule has 0 unspecified atom stereocenters. The molecular formula is C12H16ClN3. The van der Waals surface area contributed by atoms with Gasteiger partial charge in [0.05, 0.1) is 11.9 Å². The van der Waals surface area contributed by atoms with E-state index in [-0.39, 0.29) is 0 Å². The molecule has 3 heterocycles. The number of halogens is 1. The molecule has 0 aliphatic carbocycles. The molecule has 0 spiro atoms. The van der Waals surface area contributed by atoms with Gasteiger partial charge in [0, 0.05) is 25.7 Å². The van der Waals surface area contributed by atoms with E-state index in [0.717, 1.165) is 12.5 Å². The normalized spacial score (nSPS) is 29.8. The van der Waals surface area contributed by atoms with Crippen LogP contribution in [0.4, 0.5) is 5.69 Å². The predicted octanol–water partition coefficient (Wildman–Crippen LogP) is 1.88. The van der Waals surface area contributed by atoms with E-state index in [2.05, 4.69) is 27.9 Å². The summed E-state index contributed by atoms with van der Waals surface area (Å²) in [6, 6.07) is 4.63. The van der Waals surface area contributed by atoms with Crippen LogP contribution in [0, 0.1) is 5.92 Å². The topological polar surface area (TPSA) is 19.4 Å². The van der Waals surface area contributed by atoms with Gasteiger partial charge in [-0.2, -0.15) is 0 Å². The van der Waals surface area contributed by atoms with Crippen molar-refractivity contribution in [3.63, 3.8) is 0 Å². The van der Waals surface area contributed by atoms with E-state index >= 15 is 0 Å². The summed E-state index contributed by atoms with van der Waals surface area (Å²) in [7, 11) is 2.20. The fourth-order valence-corrected chi connectivity index (χ4v) is 3.14. The maximum atomic E-state index is 5.81. The van der Waals surface area contributed by atoms with Crippen LogP contribution in [0.3, 0.4) is 0 Å². The smallest absolute Gasteiger partial charge is 0.129 e. The molecular weight excluding hydrogens is 222 g/mol. The monoisotopic (exact) mass is 237 g/mol. The van der Waals surface area contributed by atoms with Gasteiger partial charge < -0.3 is 9.80 Å². The largest absolute Gasteiger partial charge is 0.366 e. The zero-order chi connectivity index (χ0) is 11.1. The maximum Gasteiger partial charge on any atom is 0.129 e. The lowest BCUT2D eigenvalue weighted by Gasteiger charge is -2.25. The van der Waals surface area contributed by atoms with Crippen molar-refractivity contribution < 1.29 is 0 Å². The molecule has 16 heavy (non-hydrogen) atoms. The second-order valence-electron chi connectivity index (χ2n) is 4.87.